The lowest BCUT2D eigenvalue weighted by Crippen LogP contribution is -1.98. The zero-order valence-corrected chi connectivity index (χ0v) is 10.4. The van der Waals surface area contributed by atoms with E-state index in [2.05, 4.69) is 0 Å². The van der Waals surface area contributed by atoms with Gasteiger partial charge < -0.3 is 4.74 Å². The first-order valence-electron chi connectivity index (χ1n) is 5.69. The highest BCUT2D eigenvalue weighted by Crippen LogP contribution is 2.19. The highest BCUT2D eigenvalue weighted by atomic mass is 19.1. The van der Waals surface area contributed by atoms with E-state index in [1.165, 1.54) is 19.2 Å². The summed E-state index contributed by atoms with van der Waals surface area (Å²) in [6.07, 6.45) is 3.25. The van der Waals surface area contributed by atoms with Crippen molar-refractivity contribution in [3.8, 4) is 5.75 Å². The van der Waals surface area contributed by atoms with Crippen LogP contribution in [0.3, 0.4) is 0 Å². The van der Waals surface area contributed by atoms with E-state index in [9.17, 15) is 9.18 Å². The molecule has 0 heterocycles. The maximum absolute atomic E-state index is 13.4. The fraction of sp³-hybridized carbons (Fsp3) is 0.357. The summed E-state index contributed by atoms with van der Waals surface area (Å²) in [4.78, 5) is 11.8. The molecule has 0 unspecified atom stereocenters. The lowest BCUT2D eigenvalue weighted by molar-refractivity contribution is 0.104. The fourth-order valence-electron chi connectivity index (χ4n) is 1.54. The van der Waals surface area contributed by atoms with Gasteiger partial charge in [0.25, 0.3) is 0 Å². The van der Waals surface area contributed by atoms with Crippen LogP contribution >= 0.6 is 0 Å². The Kier molecular flexibility index (Phi) is 4.88. The van der Waals surface area contributed by atoms with Crippen LogP contribution in [0.25, 0.3) is 0 Å². The van der Waals surface area contributed by atoms with E-state index in [0.717, 1.165) is 18.4 Å². The molecule has 17 heavy (non-hydrogen) atoms. The first-order valence-corrected chi connectivity index (χ1v) is 5.69. The Morgan fingerprint density at radius 1 is 1.35 bits per heavy atom. The van der Waals surface area contributed by atoms with E-state index in [0.29, 0.717) is 5.56 Å². The highest BCUT2D eigenvalue weighted by Gasteiger charge is 2.08. The van der Waals surface area contributed by atoms with Gasteiger partial charge in [-0.15, -0.1) is 0 Å². The second-order valence-electron chi connectivity index (χ2n) is 3.72. The van der Waals surface area contributed by atoms with Gasteiger partial charge in [-0.25, -0.2) is 4.39 Å². The lowest BCUT2D eigenvalue weighted by atomic mass is 10.0. The summed E-state index contributed by atoms with van der Waals surface area (Å²) in [6, 6.07) is 4.25. The quantitative estimate of drug-likeness (QED) is 0.574. The van der Waals surface area contributed by atoms with Gasteiger partial charge in [-0.3, -0.25) is 4.79 Å². The van der Waals surface area contributed by atoms with Crippen molar-refractivity contribution in [2.24, 2.45) is 0 Å². The number of halogens is 1. The Morgan fingerprint density at radius 2 is 2.00 bits per heavy atom. The van der Waals surface area contributed by atoms with Crippen LogP contribution in [0.15, 0.2) is 29.8 Å². The molecule has 2 nitrogen and oxygen atoms in total. The normalized spacial score (nSPS) is 9.88. The summed E-state index contributed by atoms with van der Waals surface area (Å²) in [5.41, 5.74) is 1.41. The SMILES string of the molecule is CCC(=CC(=O)c1ccc(OC)c(F)c1)CC. The maximum Gasteiger partial charge on any atom is 0.185 e. The third-order valence-electron chi connectivity index (χ3n) is 2.68. The maximum atomic E-state index is 13.4. The second-order valence-corrected chi connectivity index (χ2v) is 3.72. The summed E-state index contributed by atoms with van der Waals surface area (Å²) >= 11 is 0. The fourth-order valence-corrected chi connectivity index (χ4v) is 1.54. The molecule has 0 aromatic heterocycles. The topological polar surface area (TPSA) is 26.3 Å². The van der Waals surface area contributed by atoms with Gasteiger partial charge in [0.2, 0.25) is 0 Å². The number of rotatable bonds is 5. The first kappa shape index (κ1) is 13.4. The summed E-state index contributed by atoms with van der Waals surface area (Å²) in [7, 11) is 1.39. The predicted molar refractivity (Wildman–Crippen MR) is 65.9 cm³/mol. The van der Waals surface area contributed by atoms with E-state index in [1.54, 1.807) is 12.1 Å². The summed E-state index contributed by atoms with van der Waals surface area (Å²) in [6.45, 7) is 3.99. The second kappa shape index (κ2) is 6.18. The molecule has 0 aliphatic heterocycles. The molecule has 0 saturated heterocycles. The Bertz CT molecular complexity index is 430. The minimum Gasteiger partial charge on any atom is -0.494 e. The Labute approximate surface area is 101 Å². The average molecular weight is 236 g/mol. The molecule has 0 aliphatic rings. The van der Waals surface area contributed by atoms with Crippen LogP contribution in [-0.4, -0.2) is 12.9 Å². The van der Waals surface area contributed by atoms with Crippen molar-refractivity contribution in [2.45, 2.75) is 26.7 Å². The minimum absolute atomic E-state index is 0.150. The Hall–Kier alpha value is -1.64. The molecule has 0 N–H and O–H groups in total. The van der Waals surface area contributed by atoms with Crippen LogP contribution in [-0.2, 0) is 0 Å². The number of hydrogen-bond donors (Lipinski definition) is 0. The zero-order chi connectivity index (χ0) is 12.8. The van der Waals surface area contributed by atoms with Gasteiger partial charge in [-0.05, 0) is 37.1 Å². The van der Waals surface area contributed by atoms with E-state index >= 15 is 0 Å². The number of carbonyl (C=O) groups excluding carboxylic acids is 1. The number of ketones is 1. The number of benzene rings is 1. The number of ether oxygens (including phenoxy) is 1. The number of allylic oxidation sites excluding steroid dienone is 2. The van der Waals surface area contributed by atoms with Gasteiger partial charge >= 0.3 is 0 Å². The molecule has 0 fully saturated rings. The lowest BCUT2D eigenvalue weighted by Gasteiger charge is -2.04. The first-order chi connectivity index (χ1) is 8.12. The van der Waals surface area contributed by atoms with Crippen LogP contribution in [0.4, 0.5) is 4.39 Å². The Balaban J connectivity index is 2.97. The van der Waals surface area contributed by atoms with Crippen LogP contribution in [0.5, 0.6) is 5.75 Å². The molecule has 1 aromatic rings. The van der Waals surface area contributed by atoms with E-state index in [-0.39, 0.29) is 11.5 Å². The van der Waals surface area contributed by atoms with E-state index in [4.69, 9.17) is 4.74 Å². The predicted octanol–water partition coefficient (Wildman–Crippen LogP) is 3.76. The molecule has 92 valence electrons. The molecule has 0 saturated carbocycles. The molecule has 0 aliphatic carbocycles. The van der Waals surface area contributed by atoms with Gasteiger partial charge in [0.05, 0.1) is 7.11 Å². The monoisotopic (exact) mass is 236 g/mol. The van der Waals surface area contributed by atoms with Crippen molar-refractivity contribution in [2.75, 3.05) is 7.11 Å². The molecule has 1 rings (SSSR count). The minimum atomic E-state index is -0.513. The molecule has 3 heteroatoms. The third-order valence-corrected chi connectivity index (χ3v) is 2.68. The van der Waals surface area contributed by atoms with Crippen molar-refractivity contribution in [3.05, 3.63) is 41.2 Å². The van der Waals surface area contributed by atoms with E-state index < -0.39 is 5.82 Å². The third kappa shape index (κ3) is 3.41. The van der Waals surface area contributed by atoms with Crippen LogP contribution < -0.4 is 4.74 Å². The smallest absolute Gasteiger partial charge is 0.185 e. The molecule has 0 bridgehead atoms. The average Bonchev–Trinajstić information content (AvgIpc) is 2.35. The van der Waals surface area contributed by atoms with Gasteiger partial charge in [-0.1, -0.05) is 19.4 Å². The highest BCUT2D eigenvalue weighted by molar-refractivity contribution is 6.05. The van der Waals surface area contributed by atoms with Gasteiger partial charge in [0.15, 0.2) is 17.3 Å². The van der Waals surface area contributed by atoms with Crippen molar-refractivity contribution in [1.82, 2.24) is 0 Å². The molecular formula is C14H17FO2. The van der Waals surface area contributed by atoms with Crippen LogP contribution in [0.1, 0.15) is 37.0 Å². The van der Waals surface area contributed by atoms with Crippen molar-refractivity contribution >= 4 is 5.78 Å². The summed E-state index contributed by atoms with van der Waals surface area (Å²) in [5.74, 6) is -0.525. The van der Waals surface area contributed by atoms with Crippen molar-refractivity contribution < 1.29 is 13.9 Å². The van der Waals surface area contributed by atoms with E-state index in [1.807, 2.05) is 13.8 Å². The zero-order valence-electron chi connectivity index (χ0n) is 10.4. The summed E-state index contributed by atoms with van der Waals surface area (Å²) in [5, 5.41) is 0. The molecule has 0 atom stereocenters. The summed E-state index contributed by atoms with van der Waals surface area (Å²) < 4.78 is 18.2. The van der Waals surface area contributed by atoms with Gasteiger partial charge in [0, 0.05) is 5.56 Å². The largest absolute Gasteiger partial charge is 0.494 e. The van der Waals surface area contributed by atoms with Crippen molar-refractivity contribution in [1.29, 1.82) is 0 Å². The molecule has 0 radical (unpaired) electrons. The molecule has 0 amide bonds. The van der Waals surface area contributed by atoms with Gasteiger partial charge in [0.1, 0.15) is 0 Å². The Morgan fingerprint density at radius 3 is 2.47 bits per heavy atom. The standard InChI is InChI=1S/C14H17FO2/c1-4-10(5-2)8-13(16)11-6-7-14(17-3)12(15)9-11/h6-9H,4-5H2,1-3H3. The number of methoxy groups -OCH3 is 1. The van der Waals surface area contributed by atoms with Gasteiger partial charge in [-0.2, -0.15) is 0 Å². The number of carbonyl (C=O) groups is 1. The number of hydrogen-bond acceptors (Lipinski definition) is 2. The van der Waals surface area contributed by atoms with Crippen molar-refractivity contribution in [3.63, 3.8) is 0 Å². The van der Waals surface area contributed by atoms with Crippen LogP contribution in [0, 0.1) is 5.82 Å². The molecular weight excluding hydrogens is 219 g/mol. The van der Waals surface area contributed by atoms with Crippen LogP contribution in [0.2, 0.25) is 0 Å². The molecule has 1 aromatic carbocycles. The molecule has 0 spiro atoms.